The zero-order chi connectivity index (χ0) is 64.7. The molecule has 13 rings (SSSR count). The van der Waals surface area contributed by atoms with E-state index >= 15 is 0 Å². The molecule has 92 heavy (non-hydrogen) atoms. The fourth-order valence-corrected chi connectivity index (χ4v) is 17.8. The fourth-order valence-electron chi connectivity index (χ4n) is 17.8. The van der Waals surface area contributed by atoms with E-state index in [-0.39, 0.29) is 0 Å². The topological polar surface area (TPSA) is 0 Å². The Labute approximate surface area is 563 Å². The lowest BCUT2D eigenvalue weighted by molar-refractivity contribution is 0.148. The van der Waals surface area contributed by atoms with Crippen LogP contribution in [-0.2, 0) is 6.42 Å². The van der Waals surface area contributed by atoms with Crippen molar-refractivity contribution in [2.75, 3.05) is 0 Å². The van der Waals surface area contributed by atoms with Crippen LogP contribution in [-0.4, -0.2) is 0 Å². The van der Waals surface area contributed by atoms with Gasteiger partial charge in [-0.05, 0) is 318 Å². The molecule has 6 aliphatic carbocycles. The average Bonchev–Trinajstić information content (AvgIpc) is 0.998. The summed E-state index contributed by atoms with van der Waals surface area (Å²) in [5.74, 6) is 11.5. The van der Waals surface area contributed by atoms with Gasteiger partial charge in [0.1, 0.15) is 0 Å². The quantitative estimate of drug-likeness (QED) is 0.121. The van der Waals surface area contributed by atoms with Crippen molar-refractivity contribution in [3.8, 4) is 33.4 Å². The van der Waals surface area contributed by atoms with E-state index in [0.29, 0.717) is 0 Å². The van der Waals surface area contributed by atoms with Crippen molar-refractivity contribution in [2.45, 2.75) is 268 Å². The summed E-state index contributed by atoms with van der Waals surface area (Å²) in [7, 11) is 0. The van der Waals surface area contributed by atoms with Crippen LogP contribution in [0.4, 0.5) is 0 Å². The van der Waals surface area contributed by atoms with E-state index < -0.39 is 0 Å². The molecule has 0 radical (unpaired) electrons. The number of aryl methyl sites for hydroxylation is 5. The predicted molar refractivity (Wildman–Crippen MR) is 401 cm³/mol. The Hall–Kier alpha value is -5.46. The first-order valence-electron chi connectivity index (χ1n) is 38.1. The molecule has 0 heteroatoms. The first-order valence-corrected chi connectivity index (χ1v) is 38.1. The van der Waals surface area contributed by atoms with Gasteiger partial charge >= 0.3 is 0 Å². The summed E-state index contributed by atoms with van der Waals surface area (Å²) in [5.41, 5.74) is 25.4. The molecule has 0 bridgehead atoms. The lowest BCUT2D eigenvalue weighted by atomic mass is 9.68. The van der Waals surface area contributed by atoms with E-state index in [2.05, 4.69) is 229 Å². The number of rotatable bonds is 11. The third-order valence-corrected chi connectivity index (χ3v) is 25.4. The van der Waals surface area contributed by atoms with Crippen LogP contribution in [0.2, 0.25) is 0 Å². The van der Waals surface area contributed by atoms with Crippen molar-refractivity contribution in [3.63, 3.8) is 0 Å². The standard InChI is InChI=1S/2C28H38.C20H30.C16H18/c1-21-3-13-25(14-4-21)27-17-9-23(10-18-27)7-8-24-11-19-28(20-12-24)26-15-5-22(2)6-16-26;1-19-5-8-23(9-6-19)24-10-12-25(13-11-24)26-14-16-27(17-15-26)28-18-7-20(2)21(3)22(28)4;1-15-3-7-17(8-4-15)19-11-13-20(14-12-19)18-9-5-16(2)6-10-18;1-11-5-8-15(9-6-11)16-10-7-12(2)13(3)14(16)4/h3-4,9-10,13-14,17-18,22,24,26,28H,5-8,11-12,15-16,19-20H2,1-2H3;7,14-19,23-25H,5-6,8-13H2,1-4H3;11-18H,3-10H2,1-2H3;5-10H,1-4H3. The van der Waals surface area contributed by atoms with Gasteiger partial charge in [-0.2, -0.15) is 0 Å². The van der Waals surface area contributed by atoms with E-state index in [1.165, 1.54) is 250 Å². The highest BCUT2D eigenvalue weighted by atomic mass is 14.4. The summed E-state index contributed by atoms with van der Waals surface area (Å²) in [6.07, 6.45) is 37.6. The maximum atomic E-state index is 2.44. The molecule has 0 amide bonds. The van der Waals surface area contributed by atoms with Crippen LogP contribution in [0.25, 0.3) is 33.4 Å². The van der Waals surface area contributed by atoms with Crippen molar-refractivity contribution >= 4 is 0 Å². The van der Waals surface area contributed by atoms with Gasteiger partial charge in [-0.15, -0.1) is 0 Å². The highest BCUT2D eigenvalue weighted by Gasteiger charge is 2.32. The van der Waals surface area contributed by atoms with Crippen molar-refractivity contribution in [1.29, 1.82) is 0 Å². The Bertz CT molecular complexity index is 3240. The van der Waals surface area contributed by atoms with Gasteiger partial charge in [-0.25, -0.2) is 0 Å². The Morgan fingerprint density at radius 2 is 0.522 bits per heavy atom. The van der Waals surface area contributed by atoms with Crippen LogP contribution in [0.15, 0.2) is 146 Å². The first kappa shape index (κ1) is 69.4. The second kappa shape index (κ2) is 33.8. The molecule has 0 aromatic heterocycles. The van der Waals surface area contributed by atoms with Crippen LogP contribution in [0.1, 0.15) is 273 Å². The molecule has 6 saturated carbocycles. The molecular formula is C92H124. The molecule has 0 atom stereocenters. The van der Waals surface area contributed by atoms with Gasteiger partial charge in [0, 0.05) is 0 Å². The summed E-state index contributed by atoms with van der Waals surface area (Å²) in [6.45, 7) is 27.3. The van der Waals surface area contributed by atoms with E-state index in [1.54, 1.807) is 16.7 Å². The van der Waals surface area contributed by atoms with Crippen LogP contribution in [0.5, 0.6) is 0 Å². The van der Waals surface area contributed by atoms with E-state index in [4.69, 9.17) is 0 Å². The third-order valence-electron chi connectivity index (χ3n) is 25.4. The third kappa shape index (κ3) is 19.1. The van der Waals surface area contributed by atoms with Crippen LogP contribution in [0, 0.1) is 109 Å². The number of hydrogen-bond acceptors (Lipinski definition) is 0. The Kier molecular flexibility index (Phi) is 25.5. The molecule has 0 heterocycles. The van der Waals surface area contributed by atoms with Gasteiger partial charge in [0.15, 0.2) is 0 Å². The van der Waals surface area contributed by atoms with Crippen LogP contribution in [0.3, 0.4) is 0 Å². The van der Waals surface area contributed by atoms with Crippen molar-refractivity contribution in [3.05, 3.63) is 212 Å². The minimum absolute atomic E-state index is 0.786. The molecule has 492 valence electrons. The van der Waals surface area contributed by atoms with Gasteiger partial charge in [0.2, 0.25) is 0 Å². The summed E-state index contributed by atoms with van der Waals surface area (Å²) < 4.78 is 0. The molecule has 6 fully saturated rings. The maximum Gasteiger partial charge on any atom is -0.0152 e. The minimum Gasteiger partial charge on any atom is -0.0625 e. The summed E-state index contributed by atoms with van der Waals surface area (Å²) in [4.78, 5) is 0. The SMILES string of the molecule is CC1CCC(c2ccc(C3CCC(C)CC3)cc2)CC1.Cc1ccc(-c2ccc(C)c(C)c2C)cc1.Cc1ccc(-c2ccc(C3CCC(C4CCC(C)CC4)CC3)cc2)c(C)c1C.Cc1ccc(-c2ccc(CCC3CCC(C4CCC(C)CC4)CC3)cc2)cc1. The van der Waals surface area contributed by atoms with Crippen molar-refractivity contribution < 1.29 is 0 Å². The zero-order valence-electron chi connectivity index (χ0n) is 60.2. The molecule has 0 spiro atoms. The van der Waals surface area contributed by atoms with Gasteiger partial charge in [0.05, 0.1) is 0 Å². The van der Waals surface area contributed by atoms with Crippen LogP contribution < -0.4 is 0 Å². The molecule has 7 aromatic carbocycles. The molecule has 0 unspecified atom stereocenters. The summed E-state index contributed by atoms with van der Waals surface area (Å²) >= 11 is 0. The predicted octanol–water partition coefficient (Wildman–Crippen LogP) is 27.5. The van der Waals surface area contributed by atoms with Crippen molar-refractivity contribution in [2.24, 2.45) is 53.3 Å². The average molecular weight is 1230 g/mol. The Morgan fingerprint density at radius 3 is 0.880 bits per heavy atom. The first-order chi connectivity index (χ1) is 44.5. The van der Waals surface area contributed by atoms with Gasteiger partial charge < -0.3 is 0 Å². The normalized spacial score (nSPS) is 26.6. The van der Waals surface area contributed by atoms with E-state index in [9.17, 15) is 0 Å². The van der Waals surface area contributed by atoms with Gasteiger partial charge in [0.25, 0.3) is 0 Å². The highest BCUT2D eigenvalue weighted by molar-refractivity contribution is 5.71. The number of benzene rings is 7. The van der Waals surface area contributed by atoms with Crippen molar-refractivity contribution in [1.82, 2.24) is 0 Å². The maximum absolute atomic E-state index is 2.44. The van der Waals surface area contributed by atoms with E-state index in [1.807, 2.05) is 0 Å². The second-order valence-corrected chi connectivity index (χ2v) is 32.0. The van der Waals surface area contributed by atoms with Gasteiger partial charge in [-0.1, -0.05) is 249 Å². The highest BCUT2D eigenvalue weighted by Crippen LogP contribution is 2.46. The van der Waals surface area contributed by atoms with Gasteiger partial charge in [-0.3, -0.25) is 0 Å². The smallest absolute Gasteiger partial charge is 0.0152 e. The Balaban J connectivity index is 0.000000138. The largest absolute Gasteiger partial charge is 0.0625 e. The Morgan fingerprint density at radius 1 is 0.250 bits per heavy atom. The second-order valence-electron chi connectivity index (χ2n) is 32.0. The molecular weight excluding hydrogens is 1110 g/mol. The molecule has 0 saturated heterocycles. The zero-order valence-corrected chi connectivity index (χ0v) is 60.2. The fraction of sp³-hybridized carbons (Fsp3) is 0.543. The number of hydrogen-bond donors (Lipinski definition) is 0. The lowest BCUT2D eigenvalue weighted by Crippen LogP contribution is -2.25. The molecule has 0 nitrogen and oxygen atoms in total. The van der Waals surface area contributed by atoms with E-state index in [0.717, 1.165) is 71.0 Å². The monoisotopic (exact) mass is 1230 g/mol. The summed E-state index contributed by atoms with van der Waals surface area (Å²) in [5, 5.41) is 0. The molecule has 6 aliphatic rings. The summed E-state index contributed by atoms with van der Waals surface area (Å²) in [6, 6.07) is 55.2. The molecule has 7 aromatic rings. The van der Waals surface area contributed by atoms with Crippen LogP contribution >= 0.6 is 0 Å². The molecule has 0 N–H and O–H groups in total. The molecule has 0 aliphatic heterocycles. The minimum atomic E-state index is 0.786. The lowest BCUT2D eigenvalue weighted by Gasteiger charge is -2.37.